The summed E-state index contributed by atoms with van der Waals surface area (Å²) < 4.78 is 7.66. The quantitative estimate of drug-likeness (QED) is 0.760. The fourth-order valence-corrected chi connectivity index (χ4v) is 3.23. The third kappa shape index (κ3) is 3.23. The average Bonchev–Trinajstić information content (AvgIpc) is 3.06. The molecule has 8 heteroatoms. The zero-order chi connectivity index (χ0) is 17.9. The molecule has 1 amide bonds. The Morgan fingerprint density at radius 3 is 2.92 bits per heavy atom. The highest BCUT2D eigenvalue weighted by atomic mass is 16.5. The Labute approximate surface area is 149 Å². The molecule has 0 unspecified atom stereocenters. The summed E-state index contributed by atoms with van der Waals surface area (Å²) in [6.45, 7) is 2.21. The summed E-state index contributed by atoms with van der Waals surface area (Å²) in [4.78, 5) is 26.8. The number of fused-ring (bicyclic) bond motifs is 1. The van der Waals surface area contributed by atoms with Gasteiger partial charge in [0.2, 0.25) is 0 Å². The van der Waals surface area contributed by atoms with Gasteiger partial charge in [-0.15, -0.1) is 0 Å². The van der Waals surface area contributed by atoms with Crippen LogP contribution in [-0.4, -0.2) is 56.6 Å². The monoisotopic (exact) mass is 353 g/mol. The first-order chi connectivity index (χ1) is 12.7. The molecule has 8 nitrogen and oxygen atoms in total. The topological polar surface area (TPSA) is 93.1 Å². The minimum Gasteiger partial charge on any atom is -0.374 e. The maximum atomic E-state index is 13.1. The van der Waals surface area contributed by atoms with Gasteiger partial charge < -0.3 is 9.64 Å². The van der Waals surface area contributed by atoms with E-state index in [1.54, 1.807) is 40.0 Å². The van der Waals surface area contributed by atoms with E-state index in [-0.39, 0.29) is 23.3 Å². The first kappa shape index (κ1) is 16.5. The van der Waals surface area contributed by atoms with Crippen molar-refractivity contribution >= 4 is 16.7 Å². The number of hydrogen-bond donors (Lipinski definition) is 1. The number of carbonyl (C=O) groups is 1. The average molecular weight is 353 g/mol. The molecule has 134 valence electrons. The predicted molar refractivity (Wildman–Crippen MR) is 94.9 cm³/mol. The molecule has 0 bridgehead atoms. The molecule has 0 radical (unpaired) electrons. The molecule has 0 saturated carbocycles. The Bertz CT molecular complexity index is 966. The molecule has 1 saturated heterocycles. The largest absolute Gasteiger partial charge is 0.374 e. The lowest BCUT2D eigenvalue weighted by Gasteiger charge is -2.24. The SMILES string of the molecule is O=C(c1n[nH]c(=O)c2ccccc12)N1CCCO[C@@H](Cn2cccn2)C1. The maximum Gasteiger partial charge on any atom is 0.275 e. The molecule has 1 N–H and O–H groups in total. The van der Waals surface area contributed by atoms with Crippen LogP contribution in [0.5, 0.6) is 0 Å². The van der Waals surface area contributed by atoms with Gasteiger partial charge in [-0.2, -0.15) is 10.2 Å². The van der Waals surface area contributed by atoms with Crippen LogP contribution < -0.4 is 5.56 Å². The van der Waals surface area contributed by atoms with E-state index >= 15 is 0 Å². The number of rotatable bonds is 3. The fraction of sp³-hybridized carbons (Fsp3) is 0.333. The molecular weight excluding hydrogens is 334 g/mol. The van der Waals surface area contributed by atoms with E-state index in [0.717, 1.165) is 6.42 Å². The number of carbonyl (C=O) groups excluding carboxylic acids is 1. The van der Waals surface area contributed by atoms with E-state index in [9.17, 15) is 9.59 Å². The summed E-state index contributed by atoms with van der Waals surface area (Å²) in [5.74, 6) is -0.201. The van der Waals surface area contributed by atoms with Gasteiger partial charge in [0.05, 0.1) is 18.0 Å². The number of nitrogens with one attached hydrogen (secondary N) is 1. The lowest BCUT2D eigenvalue weighted by molar-refractivity contribution is 0.0366. The summed E-state index contributed by atoms with van der Waals surface area (Å²) in [6, 6.07) is 8.87. The molecule has 3 aromatic rings. The van der Waals surface area contributed by atoms with Crippen molar-refractivity contribution in [3.05, 3.63) is 58.8 Å². The number of amides is 1. The Morgan fingerprint density at radius 2 is 2.12 bits per heavy atom. The lowest BCUT2D eigenvalue weighted by Crippen LogP contribution is -2.39. The molecule has 1 fully saturated rings. The number of H-pyrrole nitrogens is 1. The van der Waals surface area contributed by atoms with Crippen molar-refractivity contribution in [3.8, 4) is 0 Å². The molecular formula is C18H19N5O3. The van der Waals surface area contributed by atoms with Gasteiger partial charge in [-0.1, -0.05) is 18.2 Å². The van der Waals surface area contributed by atoms with Crippen LogP contribution in [0, 0.1) is 0 Å². The van der Waals surface area contributed by atoms with Gasteiger partial charge in [0.1, 0.15) is 0 Å². The second-order valence-electron chi connectivity index (χ2n) is 6.27. The Hall–Kier alpha value is -3.00. The smallest absolute Gasteiger partial charge is 0.275 e. The van der Waals surface area contributed by atoms with Gasteiger partial charge in [0, 0.05) is 37.5 Å². The highest BCUT2D eigenvalue weighted by molar-refractivity contribution is 6.04. The first-order valence-corrected chi connectivity index (χ1v) is 8.58. The second-order valence-corrected chi connectivity index (χ2v) is 6.27. The molecule has 1 aliphatic rings. The van der Waals surface area contributed by atoms with E-state index in [4.69, 9.17) is 4.74 Å². The Kier molecular flexibility index (Phi) is 4.49. The van der Waals surface area contributed by atoms with Crippen molar-refractivity contribution < 1.29 is 9.53 Å². The van der Waals surface area contributed by atoms with E-state index in [1.807, 2.05) is 12.3 Å². The zero-order valence-electron chi connectivity index (χ0n) is 14.2. The maximum absolute atomic E-state index is 13.1. The molecule has 1 atom stereocenters. The minimum atomic E-state index is -0.298. The van der Waals surface area contributed by atoms with E-state index in [2.05, 4.69) is 15.3 Å². The first-order valence-electron chi connectivity index (χ1n) is 8.58. The van der Waals surface area contributed by atoms with Gasteiger partial charge in [-0.25, -0.2) is 5.10 Å². The van der Waals surface area contributed by atoms with Gasteiger partial charge in [-0.05, 0) is 18.6 Å². The van der Waals surface area contributed by atoms with Gasteiger partial charge in [0.25, 0.3) is 11.5 Å². The van der Waals surface area contributed by atoms with Crippen LogP contribution in [0.1, 0.15) is 16.9 Å². The number of aromatic amines is 1. The Morgan fingerprint density at radius 1 is 1.27 bits per heavy atom. The molecule has 1 aliphatic heterocycles. The molecule has 26 heavy (non-hydrogen) atoms. The highest BCUT2D eigenvalue weighted by Crippen LogP contribution is 2.17. The number of aromatic nitrogens is 4. The van der Waals surface area contributed by atoms with Crippen LogP contribution in [0.3, 0.4) is 0 Å². The summed E-state index contributed by atoms with van der Waals surface area (Å²) in [5.41, 5.74) is -0.0344. The number of hydrogen-bond acceptors (Lipinski definition) is 5. The van der Waals surface area contributed by atoms with Gasteiger partial charge in [0.15, 0.2) is 5.69 Å². The van der Waals surface area contributed by atoms with Crippen molar-refractivity contribution in [3.63, 3.8) is 0 Å². The van der Waals surface area contributed by atoms with Crippen LogP contribution in [-0.2, 0) is 11.3 Å². The van der Waals surface area contributed by atoms with Crippen molar-refractivity contribution in [2.75, 3.05) is 19.7 Å². The zero-order valence-corrected chi connectivity index (χ0v) is 14.2. The number of benzene rings is 1. The normalized spacial score (nSPS) is 18.0. The number of nitrogens with zero attached hydrogens (tertiary/aromatic N) is 4. The number of ether oxygens (including phenoxy) is 1. The van der Waals surface area contributed by atoms with Crippen LogP contribution in [0.15, 0.2) is 47.5 Å². The predicted octanol–water partition coefficient (Wildman–Crippen LogP) is 1.05. The summed E-state index contributed by atoms with van der Waals surface area (Å²) in [7, 11) is 0. The molecule has 1 aromatic carbocycles. The summed E-state index contributed by atoms with van der Waals surface area (Å²) >= 11 is 0. The van der Waals surface area contributed by atoms with Crippen molar-refractivity contribution in [2.45, 2.75) is 19.1 Å². The molecule has 0 spiro atoms. The Balaban J connectivity index is 1.61. The molecule has 4 rings (SSSR count). The fourth-order valence-electron chi connectivity index (χ4n) is 3.23. The lowest BCUT2D eigenvalue weighted by atomic mass is 10.1. The van der Waals surface area contributed by atoms with Crippen LogP contribution in [0.4, 0.5) is 0 Å². The standard InChI is InChI=1S/C18H19N5O3/c24-17-15-6-2-1-5-14(15)16(20-21-17)18(25)22-8-4-10-26-13(11-22)12-23-9-3-7-19-23/h1-3,5-7,9,13H,4,8,10-12H2,(H,21,24)/t13-/m1/s1. The highest BCUT2D eigenvalue weighted by Gasteiger charge is 2.26. The van der Waals surface area contributed by atoms with E-state index < -0.39 is 0 Å². The van der Waals surface area contributed by atoms with Crippen LogP contribution >= 0.6 is 0 Å². The van der Waals surface area contributed by atoms with Crippen LogP contribution in [0.2, 0.25) is 0 Å². The van der Waals surface area contributed by atoms with Gasteiger partial charge >= 0.3 is 0 Å². The van der Waals surface area contributed by atoms with Gasteiger partial charge in [-0.3, -0.25) is 14.3 Å². The van der Waals surface area contributed by atoms with Crippen molar-refractivity contribution in [1.82, 2.24) is 24.9 Å². The van der Waals surface area contributed by atoms with Crippen molar-refractivity contribution in [1.29, 1.82) is 0 Å². The van der Waals surface area contributed by atoms with Crippen LogP contribution in [0.25, 0.3) is 10.8 Å². The third-order valence-electron chi connectivity index (χ3n) is 4.49. The molecule has 2 aromatic heterocycles. The minimum absolute atomic E-state index is 0.143. The molecule has 0 aliphatic carbocycles. The molecule has 3 heterocycles. The van der Waals surface area contributed by atoms with E-state index in [0.29, 0.717) is 37.0 Å². The second kappa shape index (κ2) is 7.09. The third-order valence-corrected chi connectivity index (χ3v) is 4.49. The van der Waals surface area contributed by atoms with Crippen molar-refractivity contribution in [2.24, 2.45) is 0 Å². The summed E-state index contributed by atoms with van der Waals surface area (Å²) in [5, 5.41) is 11.7. The van der Waals surface area contributed by atoms with E-state index in [1.165, 1.54) is 0 Å². The summed E-state index contributed by atoms with van der Waals surface area (Å²) in [6.07, 6.45) is 4.20.